The van der Waals surface area contributed by atoms with Crippen LogP contribution in [0, 0.1) is 0 Å². The topological polar surface area (TPSA) is 54.4 Å². The van der Waals surface area contributed by atoms with Gasteiger partial charge in [-0.2, -0.15) is 0 Å². The number of hydrogen-bond donors (Lipinski definition) is 1. The van der Waals surface area contributed by atoms with Crippen molar-refractivity contribution in [3.63, 3.8) is 0 Å². The van der Waals surface area contributed by atoms with Crippen LogP contribution in [0.15, 0.2) is 11.4 Å². The van der Waals surface area contributed by atoms with Crippen LogP contribution in [0.3, 0.4) is 0 Å². The smallest absolute Gasteiger partial charge is 0.147 e. The molecule has 0 radical (unpaired) electrons. The summed E-state index contributed by atoms with van der Waals surface area (Å²) in [5, 5.41) is 12.0. The van der Waals surface area contributed by atoms with Crippen molar-refractivity contribution in [3.8, 4) is 0 Å². The number of hydrogen-bond acceptors (Lipinski definition) is 4. The molecule has 0 aliphatic rings. The van der Waals surface area contributed by atoms with E-state index >= 15 is 0 Å². The van der Waals surface area contributed by atoms with Crippen LogP contribution in [0.2, 0.25) is 5.02 Å². The Morgan fingerprint density at radius 3 is 2.73 bits per heavy atom. The predicted octanol–water partition coefficient (Wildman–Crippen LogP) is 2.26. The Balaban J connectivity index is 2.40. The second kappa shape index (κ2) is 5.30. The molecule has 86 valence electrons. The van der Waals surface area contributed by atoms with E-state index in [0.717, 1.165) is 4.88 Å². The molecular formula is C9H13ClO3S2. The molecule has 1 N–H and O–H groups in total. The fraction of sp³-hybridized carbons (Fsp3) is 0.556. The van der Waals surface area contributed by atoms with Crippen molar-refractivity contribution in [1.29, 1.82) is 0 Å². The van der Waals surface area contributed by atoms with E-state index in [1.165, 1.54) is 17.6 Å². The zero-order valence-corrected chi connectivity index (χ0v) is 10.7. The lowest BCUT2D eigenvalue weighted by atomic mass is 10.2. The van der Waals surface area contributed by atoms with Gasteiger partial charge in [0.25, 0.3) is 0 Å². The molecule has 0 aliphatic carbocycles. The Morgan fingerprint density at radius 1 is 1.60 bits per heavy atom. The van der Waals surface area contributed by atoms with E-state index in [2.05, 4.69) is 0 Å². The van der Waals surface area contributed by atoms with Crippen LogP contribution >= 0.6 is 22.9 Å². The molecule has 0 aliphatic heterocycles. The Labute approximate surface area is 98.6 Å². The van der Waals surface area contributed by atoms with Crippen molar-refractivity contribution in [3.05, 3.63) is 21.3 Å². The van der Waals surface area contributed by atoms with E-state index in [4.69, 9.17) is 11.6 Å². The van der Waals surface area contributed by atoms with Crippen molar-refractivity contribution in [2.75, 3.05) is 12.0 Å². The maximum absolute atomic E-state index is 10.9. The van der Waals surface area contributed by atoms with Crippen LogP contribution in [-0.2, 0) is 9.84 Å². The van der Waals surface area contributed by atoms with Gasteiger partial charge in [0, 0.05) is 22.3 Å². The molecule has 1 heterocycles. The third-order valence-electron chi connectivity index (χ3n) is 1.91. The van der Waals surface area contributed by atoms with Crippen molar-refractivity contribution in [2.24, 2.45) is 0 Å². The van der Waals surface area contributed by atoms with E-state index < -0.39 is 15.9 Å². The molecule has 15 heavy (non-hydrogen) atoms. The van der Waals surface area contributed by atoms with Crippen LogP contribution in [0.5, 0.6) is 0 Å². The number of thiophene rings is 1. The Hall–Kier alpha value is -0.100. The summed E-state index contributed by atoms with van der Waals surface area (Å²) in [6.07, 6.45) is 1.50. The molecule has 3 nitrogen and oxygen atoms in total. The highest BCUT2D eigenvalue weighted by Crippen LogP contribution is 2.27. The average molecular weight is 269 g/mol. The number of aliphatic hydroxyl groups is 1. The number of aliphatic hydroxyl groups excluding tert-OH is 1. The minimum atomic E-state index is -2.93. The van der Waals surface area contributed by atoms with Crippen LogP contribution in [0.25, 0.3) is 0 Å². The predicted molar refractivity (Wildman–Crippen MR) is 63.2 cm³/mol. The molecule has 6 heteroatoms. The fourth-order valence-corrected chi connectivity index (χ4v) is 2.98. The first-order chi connectivity index (χ1) is 6.88. The second-order valence-electron chi connectivity index (χ2n) is 3.46. The normalized spacial score (nSPS) is 14.1. The highest BCUT2D eigenvalue weighted by Gasteiger charge is 2.11. The standard InChI is InChI=1S/C9H13ClO3S2/c1-15(12,13)4-2-3-8(11)9-5-7(10)6-14-9/h5-6,8,11H,2-4H2,1H3. The van der Waals surface area contributed by atoms with Gasteiger partial charge in [-0.3, -0.25) is 0 Å². The van der Waals surface area contributed by atoms with Crippen LogP contribution in [0.1, 0.15) is 23.8 Å². The van der Waals surface area contributed by atoms with Gasteiger partial charge in [-0.1, -0.05) is 11.6 Å². The van der Waals surface area contributed by atoms with E-state index in [9.17, 15) is 13.5 Å². The summed E-state index contributed by atoms with van der Waals surface area (Å²) in [6.45, 7) is 0. The highest BCUT2D eigenvalue weighted by molar-refractivity contribution is 7.90. The second-order valence-corrected chi connectivity index (χ2v) is 7.09. The van der Waals surface area contributed by atoms with Crippen LogP contribution in [-0.4, -0.2) is 25.5 Å². The molecule has 1 aromatic rings. The number of halogens is 1. The van der Waals surface area contributed by atoms with Gasteiger partial charge in [-0.05, 0) is 18.9 Å². The van der Waals surface area contributed by atoms with Crippen LogP contribution in [0.4, 0.5) is 0 Å². The van der Waals surface area contributed by atoms with Gasteiger partial charge in [0.05, 0.1) is 11.1 Å². The first-order valence-corrected chi connectivity index (χ1v) is 7.80. The van der Waals surface area contributed by atoms with Gasteiger partial charge >= 0.3 is 0 Å². The van der Waals surface area contributed by atoms with Crippen molar-refractivity contribution in [2.45, 2.75) is 18.9 Å². The molecule has 0 fully saturated rings. The first kappa shape index (κ1) is 13.0. The molecule has 0 amide bonds. The quantitative estimate of drug-likeness (QED) is 0.891. The number of sulfone groups is 1. The average Bonchev–Trinajstić information content (AvgIpc) is 2.49. The Bertz CT molecular complexity index is 411. The van der Waals surface area contributed by atoms with Crippen molar-refractivity contribution in [1.82, 2.24) is 0 Å². The summed E-state index contributed by atoms with van der Waals surface area (Å²) in [5.41, 5.74) is 0. The van der Waals surface area contributed by atoms with Gasteiger partial charge in [0.1, 0.15) is 9.84 Å². The third-order valence-corrected chi connectivity index (χ3v) is 4.32. The van der Waals surface area contributed by atoms with Gasteiger partial charge in [-0.15, -0.1) is 11.3 Å². The molecular weight excluding hydrogens is 256 g/mol. The minimum absolute atomic E-state index is 0.114. The van der Waals surface area contributed by atoms with Crippen molar-refractivity contribution < 1.29 is 13.5 Å². The molecule has 1 unspecified atom stereocenters. The summed E-state index contributed by atoms with van der Waals surface area (Å²) in [5.74, 6) is 0.114. The van der Waals surface area contributed by atoms with Gasteiger partial charge in [-0.25, -0.2) is 8.42 Å². The molecule has 1 atom stereocenters. The lowest BCUT2D eigenvalue weighted by Gasteiger charge is -2.06. The van der Waals surface area contributed by atoms with E-state index in [-0.39, 0.29) is 5.75 Å². The maximum atomic E-state index is 10.9. The molecule has 0 saturated heterocycles. The lowest BCUT2D eigenvalue weighted by Crippen LogP contribution is -2.05. The molecule has 1 rings (SSSR count). The molecule has 0 aromatic carbocycles. The summed E-state index contributed by atoms with van der Waals surface area (Å²) < 4.78 is 21.7. The summed E-state index contributed by atoms with van der Waals surface area (Å²) in [7, 11) is -2.93. The fourth-order valence-electron chi connectivity index (χ4n) is 1.18. The van der Waals surface area contributed by atoms with E-state index in [1.807, 2.05) is 0 Å². The zero-order chi connectivity index (χ0) is 11.5. The molecule has 0 spiro atoms. The molecule has 1 aromatic heterocycles. The summed E-state index contributed by atoms with van der Waals surface area (Å²) in [6, 6.07) is 1.71. The molecule has 0 bridgehead atoms. The van der Waals surface area contributed by atoms with Crippen LogP contribution < -0.4 is 0 Å². The van der Waals surface area contributed by atoms with Gasteiger partial charge in [0.15, 0.2) is 0 Å². The monoisotopic (exact) mass is 268 g/mol. The first-order valence-electron chi connectivity index (χ1n) is 4.48. The SMILES string of the molecule is CS(=O)(=O)CCCC(O)c1cc(Cl)cs1. The van der Waals surface area contributed by atoms with E-state index in [1.54, 1.807) is 11.4 Å². The summed E-state index contributed by atoms with van der Waals surface area (Å²) >= 11 is 7.10. The van der Waals surface area contributed by atoms with Gasteiger partial charge < -0.3 is 5.11 Å². The maximum Gasteiger partial charge on any atom is 0.147 e. The third kappa shape index (κ3) is 4.97. The zero-order valence-electron chi connectivity index (χ0n) is 8.31. The lowest BCUT2D eigenvalue weighted by molar-refractivity contribution is 0.170. The van der Waals surface area contributed by atoms with Crippen molar-refractivity contribution >= 4 is 32.8 Å². The van der Waals surface area contributed by atoms with Gasteiger partial charge in [0.2, 0.25) is 0 Å². The summed E-state index contributed by atoms with van der Waals surface area (Å²) in [4.78, 5) is 0.786. The van der Waals surface area contributed by atoms with E-state index in [0.29, 0.717) is 17.9 Å². The number of rotatable bonds is 5. The Morgan fingerprint density at radius 2 is 2.27 bits per heavy atom. The highest BCUT2D eigenvalue weighted by atomic mass is 35.5. The minimum Gasteiger partial charge on any atom is -0.388 e. The Kier molecular flexibility index (Phi) is 4.58. The molecule has 0 saturated carbocycles. The largest absolute Gasteiger partial charge is 0.388 e.